The van der Waals surface area contributed by atoms with Gasteiger partial charge in [0.15, 0.2) is 0 Å². The number of hydrogen-bond acceptors (Lipinski definition) is 7. The Morgan fingerprint density at radius 3 is 2.50 bits per heavy atom. The molecule has 0 spiro atoms. The van der Waals surface area contributed by atoms with Crippen LogP contribution in [0.1, 0.15) is 58.9 Å². The molecular formula is C36H46N6O4. The van der Waals surface area contributed by atoms with E-state index in [1.807, 2.05) is 50.4 Å². The van der Waals surface area contributed by atoms with Crippen molar-refractivity contribution in [3.63, 3.8) is 0 Å². The summed E-state index contributed by atoms with van der Waals surface area (Å²) in [6, 6.07) is 9.75. The Labute approximate surface area is 271 Å². The summed E-state index contributed by atoms with van der Waals surface area (Å²) in [5.74, 6) is 0.375. The molecule has 10 nitrogen and oxygen atoms in total. The minimum atomic E-state index is -0.317. The Balaban J connectivity index is 1.53. The van der Waals surface area contributed by atoms with Gasteiger partial charge in [-0.3, -0.25) is 14.4 Å². The van der Waals surface area contributed by atoms with E-state index < -0.39 is 0 Å². The van der Waals surface area contributed by atoms with Crippen molar-refractivity contribution in [2.45, 2.75) is 59.0 Å². The van der Waals surface area contributed by atoms with E-state index in [9.17, 15) is 14.4 Å². The van der Waals surface area contributed by atoms with Crippen LogP contribution in [-0.2, 0) is 22.5 Å². The van der Waals surface area contributed by atoms with Crippen molar-refractivity contribution in [2.24, 2.45) is 0 Å². The van der Waals surface area contributed by atoms with Gasteiger partial charge < -0.3 is 29.7 Å². The number of ether oxygens (including phenoxy) is 1. The van der Waals surface area contributed by atoms with Crippen LogP contribution in [0.4, 0.5) is 11.5 Å². The summed E-state index contributed by atoms with van der Waals surface area (Å²) < 4.78 is 5.60. The molecule has 244 valence electrons. The zero-order valence-electron chi connectivity index (χ0n) is 27.5. The number of anilines is 2. The molecule has 3 aromatic rings. The van der Waals surface area contributed by atoms with Gasteiger partial charge >= 0.3 is 0 Å². The summed E-state index contributed by atoms with van der Waals surface area (Å²) in [7, 11) is 2.13. The second-order valence-electron chi connectivity index (χ2n) is 12.3. The predicted molar refractivity (Wildman–Crippen MR) is 183 cm³/mol. The summed E-state index contributed by atoms with van der Waals surface area (Å²) in [5, 5.41) is 3.01. The maximum Gasteiger partial charge on any atom is 0.253 e. The number of pyridine rings is 2. The maximum atomic E-state index is 14.0. The lowest BCUT2D eigenvalue weighted by atomic mass is 9.95. The number of likely N-dealkylation sites (N-methyl/N-ethyl adjacent to an activating group) is 1. The molecule has 2 amide bonds. The van der Waals surface area contributed by atoms with Crippen molar-refractivity contribution in [1.29, 1.82) is 0 Å². The minimum absolute atomic E-state index is 0.0930. The number of benzene rings is 1. The topological polar surface area (TPSA) is 111 Å². The van der Waals surface area contributed by atoms with E-state index in [1.54, 1.807) is 4.90 Å². The minimum Gasteiger partial charge on any atom is -0.381 e. The van der Waals surface area contributed by atoms with Gasteiger partial charge in [0, 0.05) is 86.2 Å². The van der Waals surface area contributed by atoms with E-state index in [-0.39, 0.29) is 30.0 Å². The Morgan fingerprint density at radius 2 is 1.85 bits per heavy atom. The molecular weight excluding hydrogens is 580 g/mol. The summed E-state index contributed by atoms with van der Waals surface area (Å²) in [6.07, 6.45) is 6.16. The van der Waals surface area contributed by atoms with Crippen molar-refractivity contribution < 1.29 is 14.3 Å². The van der Waals surface area contributed by atoms with Crippen molar-refractivity contribution in [3.8, 4) is 11.1 Å². The molecule has 2 N–H and O–H groups in total. The average Bonchev–Trinajstić information content (AvgIpc) is 3.06. The Morgan fingerprint density at radius 1 is 1.11 bits per heavy atom. The molecule has 46 heavy (non-hydrogen) atoms. The van der Waals surface area contributed by atoms with E-state index in [0.717, 1.165) is 67.2 Å². The van der Waals surface area contributed by atoms with E-state index in [2.05, 4.69) is 40.7 Å². The third-order valence-corrected chi connectivity index (χ3v) is 9.07. The summed E-state index contributed by atoms with van der Waals surface area (Å²) >= 11 is 0. The van der Waals surface area contributed by atoms with Gasteiger partial charge in [-0.1, -0.05) is 19.9 Å². The van der Waals surface area contributed by atoms with Gasteiger partial charge in [0.1, 0.15) is 5.82 Å². The third-order valence-electron chi connectivity index (χ3n) is 9.07. The molecule has 0 bridgehead atoms. The molecule has 2 aromatic heterocycles. The highest BCUT2D eigenvalue weighted by Crippen LogP contribution is 2.34. The van der Waals surface area contributed by atoms with Crippen LogP contribution in [-0.4, -0.2) is 79.2 Å². The number of aromatic nitrogens is 2. The van der Waals surface area contributed by atoms with Gasteiger partial charge in [0.25, 0.3) is 17.4 Å². The maximum absolute atomic E-state index is 14.0. The fraction of sp³-hybridized carbons (Fsp3) is 0.444. The number of nitrogens with one attached hydrogen (secondary N) is 2. The van der Waals surface area contributed by atoms with E-state index in [4.69, 9.17) is 9.72 Å². The number of amides is 2. The van der Waals surface area contributed by atoms with Crippen LogP contribution in [0.15, 0.2) is 54.0 Å². The van der Waals surface area contributed by atoms with E-state index >= 15 is 0 Å². The molecule has 0 radical (unpaired) electrons. The van der Waals surface area contributed by atoms with Crippen molar-refractivity contribution in [2.75, 3.05) is 56.2 Å². The summed E-state index contributed by atoms with van der Waals surface area (Å²) in [6.45, 7) is 14.6. The lowest BCUT2D eigenvalue weighted by Gasteiger charge is -2.35. The second-order valence-corrected chi connectivity index (χ2v) is 12.3. The monoisotopic (exact) mass is 626 g/mol. The van der Waals surface area contributed by atoms with Gasteiger partial charge in [0.2, 0.25) is 0 Å². The highest BCUT2D eigenvalue weighted by atomic mass is 16.5. The van der Waals surface area contributed by atoms with Crippen molar-refractivity contribution in [3.05, 3.63) is 87.5 Å². The molecule has 0 aliphatic carbocycles. The van der Waals surface area contributed by atoms with Crippen LogP contribution in [0, 0.1) is 13.8 Å². The first-order valence-corrected chi connectivity index (χ1v) is 16.3. The lowest BCUT2D eigenvalue weighted by molar-refractivity contribution is -0.115. The van der Waals surface area contributed by atoms with Crippen LogP contribution in [0.25, 0.3) is 11.1 Å². The van der Waals surface area contributed by atoms with Crippen LogP contribution < -0.4 is 20.7 Å². The smallest absolute Gasteiger partial charge is 0.253 e. The molecule has 2 saturated heterocycles. The molecule has 5 rings (SSSR count). The number of rotatable bonds is 10. The number of aryl methyl sites for hydroxylation is 2. The SMILES string of the molecule is C=CC(=O)N(c1cc(-c2ccc(N3CCN(C)CC3)nc2)cc(C(=O)NCc2c(CCC)cc(C)[nH]c2=O)c1C)C1CCOCC1. The Kier molecular flexibility index (Phi) is 10.7. The lowest BCUT2D eigenvalue weighted by Crippen LogP contribution is -2.44. The number of H-pyrrole nitrogens is 1. The third kappa shape index (κ3) is 7.40. The Hall–Kier alpha value is -4.28. The van der Waals surface area contributed by atoms with Crippen LogP contribution in [0.3, 0.4) is 0 Å². The summed E-state index contributed by atoms with van der Waals surface area (Å²) in [4.78, 5) is 54.3. The zero-order valence-corrected chi connectivity index (χ0v) is 27.5. The number of carbonyl (C=O) groups is 2. The second kappa shape index (κ2) is 14.9. The first-order valence-electron chi connectivity index (χ1n) is 16.3. The first-order chi connectivity index (χ1) is 22.2. The van der Waals surface area contributed by atoms with Crippen molar-refractivity contribution in [1.82, 2.24) is 20.2 Å². The molecule has 2 aliphatic heterocycles. The zero-order chi connectivity index (χ0) is 32.8. The highest BCUT2D eigenvalue weighted by molar-refractivity contribution is 6.05. The van der Waals surface area contributed by atoms with Gasteiger partial charge in [-0.2, -0.15) is 0 Å². The van der Waals surface area contributed by atoms with Crippen LogP contribution in [0.5, 0.6) is 0 Å². The quantitative estimate of drug-likeness (QED) is 0.321. The molecule has 4 heterocycles. The molecule has 0 unspecified atom stereocenters. The fourth-order valence-corrected chi connectivity index (χ4v) is 6.40. The normalized spacial score (nSPS) is 15.9. The number of aromatic amines is 1. The van der Waals surface area contributed by atoms with Crippen LogP contribution >= 0.6 is 0 Å². The van der Waals surface area contributed by atoms with Crippen molar-refractivity contribution >= 4 is 23.3 Å². The molecule has 1 aromatic carbocycles. The predicted octanol–water partition coefficient (Wildman–Crippen LogP) is 4.39. The van der Waals surface area contributed by atoms with Gasteiger partial charge in [-0.05, 0) is 93.3 Å². The Bertz CT molecular complexity index is 1620. The van der Waals surface area contributed by atoms with Crippen LogP contribution in [0.2, 0.25) is 0 Å². The van der Waals surface area contributed by atoms with Gasteiger partial charge in [0.05, 0.1) is 0 Å². The summed E-state index contributed by atoms with van der Waals surface area (Å²) in [5.41, 5.74) is 5.48. The average molecular weight is 627 g/mol. The molecule has 0 atom stereocenters. The number of carbonyl (C=O) groups excluding carboxylic acids is 2. The van der Waals surface area contributed by atoms with Gasteiger partial charge in [-0.15, -0.1) is 0 Å². The number of nitrogens with zero attached hydrogens (tertiary/aromatic N) is 4. The number of hydrogen-bond donors (Lipinski definition) is 2. The van der Waals surface area contributed by atoms with E-state index in [0.29, 0.717) is 48.4 Å². The van der Waals surface area contributed by atoms with Gasteiger partial charge in [-0.25, -0.2) is 4.98 Å². The molecule has 2 aliphatic rings. The highest BCUT2D eigenvalue weighted by Gasteiger charge is 2.29. The molecule has 2 fully saturated rings. The fourth-order valence-electron chi connectivity index (χ4n) is 6.40. The number of piperazine rings is 1. The largest absolute Gasteiger partial charge is 0.381 e. The van der Waals surface area contributed by atoms with E-state index in [1.165, 1.54) is 6.08 Å². The molecule has 10 heteroatoms. The molecule has 0 saturated carbocycles. The standard InChI is InChI=1S/C36H46N6O4/c1-6-8-26-19-24(3)39-36(45)31(26)23-38-35(44)30-20-28(27-9-10-33(37-22-27)41-15-13-40(5)14-16-41)21-32(25(30)4)42(34(43)7-2)29-11-17-46-18-12-29/h7,9-10,19-22,29H,2,6,8,11-18,23H2,1,3-5H3,(H,38,44)(H,39,45). The first kappa shape index (κ1) is 33.1.